The van der Waals surface area contributed by atoms with Crippen molar-refractivity contribution in [3.8, 4) is 11.5 Å². The number of fused-ring (bicyclic) bond motifs is 4. The maximum absolute atomic E-state index is 11.8. The molecule has 182 valence electrons. The van der Waals surface area contributed by atoms with Crippen LogP contribution in [0.1, 0.15) is 0 Å². The van der Waals surface area contributed by atoms with E-state index in [0.29, 0.717) is 62.8 Å². The Hall–Kier alpha value is -0.740. The third-order valence-corrected chi connectivity index (χ3v) is 8.85. The predicted octanol–water partition coefficient (Wildman–Crippen LogP) is 0.101. The van der Waals surface area contributed by atoms with Crippen molar-refractivity contribution in [3.63, 3.8) is 0 Å². The first-order valence-corrected chi connectivity index (χ1v) is 14.4. The molecule has 0 heterocycles. The van der Waals surface area contributed by atoms with E-state index in [-0.39, 0.29) is 70.6 Å². The van der Waals surface area contributed by atoms with Crippen molar-refractivity contribution in [2.24, 2.45) is 0 Å². The summed E-state index contributed by atoms with van der Waals surface area (Å²) in [6.45, 7) is 0. The van der Waals surface area contributed by atoms with Crippen LogP contribution < -0.4 is 67.5 Å². The van der Waals surface area contributed by atoms with Crippen LogP contribution in [0.15, 0.2) is 69.6 Å². The molecule has 6 rings (SSSR count). The van der Waals surface area contributed by atoms with Crippen LogP contribution in [-0.2, 0) is 20.8 Å². The van der Waals surface area contributed by atoms with Crippen molar-refractivity contribution < 1.29 is 93.4 Å². The van der Waals surface area contributed by atoms with Crippen LogP contribution in [0.5, 0.6) is 11.5 Å². The van der Waals surface area contributed by atoms with Crippen LogP contribution >= 0.6 is 31.9 Å². The third-order valence-electron chi connectivity index (χ3n) is 6.09. The molecule has 0 amide bonds. The van der Waals surface area contributed by atoms with E-state index in [4.69, 9.17) is 8.37 Å². The Morgan fingerprint density at radius 1 is 0.526 bits per heavy atom. The van der Waals surface area contributed by atoms with Gasteiger partial charge in [0.2, 0.25) is 0 Å². The molecule has 0 saturated carbocycles. The molecule has 6 aromatic rings. The topological polar surface area (TPSA) is 133 Å². The van der Waals surface area contributed by atoms with Gasteiger partial charge >= 0.3 is 59.1 Å². The van der Waals surface area contributed by atoms with E-state index >= 15 is 0 Å². The van der Waals surface area contributed by atoms with E-state index in [0.717, 1.165) is 0 Å². The first-order chi connectivity index (χ1) is 16.9. The fraction of sp³-hybridized carbons (Fsp3) is 0. The summed E-state index contributed by atoms with van der Waals surface area (Å²) in [5.41, 5.74) is 0. The molecule has 0 aliphatic carbocycles. The fourth-order valence-electron chi connectivity index (χ4n) is 4.90. The van der Waals surface area contributed by atoms with Gasteiger partial charge in [0.25, 0.3) is 20.8 Å². The van der Waals surface area contributed by atoms with Crippen LogP contribution in [-0.4, -0.2) is 25.9 Å². The van der Waals surface area contributed by atoms with Crippen LogP contribution in [0.25, 0.3) is 53.9 Å². The van der Waals surface area contributed by atoms with Crippen LogP contribution in [0, 0.1) is 0 Å². The summed E-state index contributed by atoms with van der Waals surface area (Å²) >= 11 is 6.87. The number of halogens is 2. The zero-order valence-corrected chi connectivity index (χ0v) is 28.4. The molecule has 0 saturated heterocycles. The zero-order chi connectivity index (χ0) is 25.6. The predicted molar refractivity (Wildman–Crippen MR) is 141 cm³/mol. The Kier molecular flexibility index (Phi) is 8.42. The second kappa shape index (κ2) is 10.6. The van der Waals surface area contributed by atoms with Crippen LogP contribution in [0.4, 0.5) is 0 Å². The van der Waals surface area contributed by atoms with Gasteiger partial charge in [-0.15, -0.1) is 0 Å². The molecule has 0 aliphatic rings. The van der Waals surface area contributed by atoms with E-state index in [1.165, 1.54) is 0 Å². The summed E-state index contributed by atoms with van der Waals surface area (Å²) in [5.74, 6) is -0.319. The van der Waals surface area contributed by atoms with Crippen molar-refractivity contribution in [1.29, 1.82) is 0 Å². The molecule has 38 heavy (non-hydrogen) atoms. The fourth-order valence-corrected chi connectivity index (χ4v) is 6.51. The molecule has 0 atom stereocenters. The Morgan fingerprint density at radius 2 is 0.947 bits per heavy atom. The minimum atomic E-state index is -5.16. The van der Waals surface area contributed by atoms with Gasteiger partial charge < -0.3 is 17.5 Å². The molecule has 0 N–H and O–H groups in total. The standard InChI is InChI=1S/C24H12Br2O8S2.2Na/c25-18-10-9-14-13-6-7-16-19-12(11-3-1-2-4-15(11)23(16)33-35(27,28)29)5-8-17(20(13)19)24(21(14)22(18)26)34-36(30,31)32;;/h1-10H,(H,27,28,29)(H,30,31,32);;/q;2*+1/p-2. The van der Waals surface area contributed by atoms with E-state index in [1.54, 1.807) is 60.7 Å². The molecule has 8 nitrogen and oxygen atoms in total. The van der Waals surface area contributed by atoms with Gasteiger partial charge in [-0.2, -0.15) is 0 Å². The van der Waals surface area contributed by atoms with Crippen LogP contribution in [0.2, 0.25) is 0 Å². The molecular formula is C24H10Br2Na2O8S2. The Morgan fingerprint density at radius 3 is 1.53 bits per heavy atom. The second-order valence-corrected chi connectivity index (χ2v) is 11.7. The van der Waals surface area contributed by atoms with Crippen molar-refractivity contribution in [1.82, 2.24) is 0 Å². The summed E-state index contributed by atoms with van der Waals surface area (Å²) in [6, 6.07) is 17.1. The Balaban J connectivity index is 0.00000168. The molecule has 0 unspecified atom stereocenters. The third kappa shape index (κ3) is 4.97. The average Bonchev–Trinajstić information content (AvgIpc) is 2.80. The van der Waals surface area contributed by atoms with Gasteiger partial charge in [-0.25, -0.2) is 16.8 Å². The number of hydrogen-bond acceptors (Lipinski definition) is 8. The molecule has 0 spiro atoms. The van der Waals surface area contributed by atoms with Crippen molar-refractivity contribution in [2.45, 2.75) is 0 Å². The molecule has 0 aliphatic heterocycles. The quantitative estimate of drug-likeness (QED) is 0.0835. The van der Waals surface area contributed by atoms with Gasteiger partial charge in [0.15, 0.2) is 11.5 Å². The summed E-state index contributed by atoms with van der Waals surface area (Å²) in [4.78, 5) is 0. The van der Waals surface area contributed by atoms with Gasteiger partial charge in [-0.3, -0.25) is 0 Å². The van der Waals surface area contributed by atoms with Crippen molar-refractivity contribution >= 4 is 107 Å². The molecule has 0 aromatic heterocycles. The van der Waals surface area contributed by atoms with Gasteiger partial charge in [0.1, 0.15) is 0 Å². The van der Waals surface area contributed by atoms with Gasteiger partial charge in [0, 0.05) is 41.3 Å². The molecular weight excluding hydrogens is 686 g/mol. The summed E-state index contributed by atoms with van der Waals surface area (Å²) < 4.78 is 81.2. The smallest absolute Gasteiger partial charge is 0.716 e. The normalized spacial score (nSPS) is 12.2. The van der Waals surface area contributed by atoms with E-state index in [1.807, 2.05) is 0 Å². The Bertz CT molecular complexity index is 2140. The zero-order valence-electron chi connectivity index (χ0n) is 19.6. The van der Waals surface area contributed by atoms with Gasteiger partial charge in [-0.1, -0.05) is 42.5 Å². The average molecular weight is 696 g/mol. The summed E-state index contributed by atoms with van der Waals surface area (Å²) in [6.07, 6.45) is 0. The number of benzene rings is 6. The van der Waals surface area contributed by atoms with E-state index in [9.17, 15) is 25.9 Å². The molecule has 0 fully saturated rings. The number of hydrogen-bond donors (Lipinski definition) is 0. The van der Waals surface area contributed by atoms with Crippen LogP contribution in [0.3, 0.4) is 0 Å². The van der Waals surface area contributed by atoms with Gasteiger partial charge in [0.05, 0.1) is 0 Å². The summed E-state index contributed by atoms with van der Waals surface area (Å²) in [5, 5.41) is 5.05. The minimum Gasteiger partial charge on any atom is -0.716 e. The van der Waals surface area contributed by atoms with E-state index < -0.39 is 20.8 Å². The Labute approximate surface area is 277 Å². The maximum Gasteiger partial charge on any atom is 1.00 e. The SMILES string of the molecule is O=S(=O)([O-])Oc1c2ccccc2c2ccc3c(OS(=O)(=O)[O-])c4c(Br)c(Br)ccc4c4ccc1c2c34.[Na+].[Na+]. The maximum atomic E-state index is 11.8. The minimum absolute atomic E-state index is 0. The molecule has 0 bridgehead atoms. The molecule has 6 aromatic carbocycles. The van der Waals surface area contributed by atoms with E-state index in [2.05, 4.69) is 31.9 Å². The molecule has 0 radical (unpaired) electrons. The monoisotopic (exact) mass is 694 g/mol. The second-order valence-electron chi connectivity index (χ2n) is 8.04. The largest absolute Gasteiger partial charge is 1.00 e. The first-order valence-electron chi connectivity index (χ1n) is 10.2. The first kappa shape index (κ1) is 30.2. The van der Waals surface area contributed by atoms with Crippen molar-refractivity contribution in [2.75, 3.05) is 0 Å². The number of rotatable bonds is 4. The van der Waals surface area contributed by atoms with Gasteiger partial charge in [-0.05, 0) is 71.6 Å². The summed E-state index contributed by atoms with van der Waals surface area (Å²) in [7, 11) is -10.3. The van der Waals surface area contributed by atoms with Crippen molar-refractivity contribution in [3.05, 3.63) is 69.6 Å². The molecule has 14 heteroatoms.